The number of hydrogen-bond donors (Lipinski definition) is 0. The molecule has 35 heavy (non-hydrogen) atoms. The lowest BCUT2D eigenvalue weighted by Crippen LogP contribution is -2.28. The van der Waals surface area contributed by atoms with Gasteiger partial charge < -0.3 is 0 Å². The minimum atomic E-state index is -0.404. The van der Waals surface area contributed by atoms with Gasteiger partial charge in [-0.05, 0) is 67.0 Å². The van der Waals surface area contributed by atoms with Crippen molar-refractivity contribution >= 4 is 38.7 Å². The first-order valence-electron chi connectivity index (χ1n) is 11.5. The highest BCUT2D eigenvalue weighted by molar-refractivity contribution is 9.10. The van der Waals surface area contributed by atoms with Crippen molar-refractivity contribution in [3.63, 3.8) is 0 Å². The Bertz CT molecular complexity index is 1670. The maximum Gasteiger partial charge on any atom is 0.119 e. The van der Waals surface area contributed by atoms with Crippen molar-refractivity contribution in [2.75, 3.05) is 0 Å². The number of hydrogen-bond acceptors (Lipinski definition) is 3. The van der Waals surface area contributed by atoms with Crippen LogP contribution in [0, 0.1) is 0 Å². The van der Waals surface area contributed by atoms with E-state index in [1.54, 1.807) is 0 Å². The van der Waals surface area contributed by atoms with Crippen molar-refractivity contribution < 1.29 is 0 Å². The first-order valence-corrected chi connectivity index (χ1v) is 13.1. The van der Waals surface area contributed by atoms with Crippen LogP contribution >= 0.6 is 27.7 Å². The zero-order chi connectivity index (χ0) is 23.4. The molecule has 0 fully saturated rings. The number of halogens is 1. The SMILES string of the molecule is Brc1ccc(-c2ccc3c(c2)C(c2ccccc2)(c2ccccc2)c2ccccc2-3)c2nsnc12. The molecular formula is C31H19BrN2S. The number of benzene rings is 5. The number of nitrogens with zero attached hydrogens (tertiary/aromatic N) is 2. The summed E-state index contributed by atoms with van der Waals surface area (Å²) in [5.41, 5.74) is 11.4. The van der Waals surface area contributed by atoms with Gasteiger partial charge in [-0.2, -0.15) is 8.75 Å². The molecule has 0 aliphatic heterocycles. The van der Waals surface area contributed by atoms with Gasteiger partial charge >= 0.3 is 0 Å². The van der Waals surface area contributed by atoms with E-state index in [9.17, 15) is 0 Å². The molecule has 4 heteroatoms. The highest BCUT2D eigenvalue weighted by Crippen LogP contribution is 2.56. The molecule has 0 spiro atoms. The second kappa shape index (κ2) is 7.98. The van der Waals surface area contributed by atoms with E-state index < -0.39 is 5.41 Å². The van der Waals surface area contributed by atoms with Gasteiger partial charge in [0, 0.05) is 10.0 Å². The Hall–Kier alpha value is -3.60. The highest BCUT2D eigenvalue weighted by atomic mass is 79.9. The lowest BCUT2D eigenvalue weighted by atomic mass is 9.67. The molecule has 0 atom stereocenters. The second-order valence-corrected chi connectivity index (χ2v) is 10.2. The Morgan fingerprint density at radius 2 is 1.14 bits per heavy atom. The van der Waals surface area contributed by atoms with Crippen LogP contribution in [0.5, 0.6) is 0 Å². The van der Waals surface area contributed by atoms with Crippen LogP contribution in [0.1, 0.15) is 22.3 Å². The molecule has 0 saturated heterocycles. The molecule has 1 aliphatic carbocycles. The summed E-state index contributed by atoms with van der Waals surface area (Å²) in [4.78, 5) is 0. The van der Waals surface area contributed by atoms with E-state index in [-0.39, 0.29) is 0 Å². The number of rotatable bonds is 3. The van der Waals surface area contributed by atoms with Gasteiger partial charge in [0.05, 0.1) is 17.1 Å². The minimum Gasteiger partial charge on any atom is -0.172 e. The van der Waals surface area contributed by atoms with Crippen LogP contribution in [0.4, 0.5) is 0 Å². The minimum absolute atomic E-state index is 0.404. The lowest BCUT2D eigenvalue weighted by Gasteiger charge is -2.34. The fourth-order valence-electron chi connectivity index (χ4n) is 5.68. The summed E-state index contributed by atoms with van der Waals surface area (Å²) in [5, 5.41) is 0. The van der Waals surface area contributed by atoms with Crippen molar-refractivity contribution in [2.45, 2.75) is 5.41 Å². The normalized spacial score (nSPS) is 13.5. The monoisotopic (exact) mass is 530 g/mol. The molecule has 0 bridgehead atoms. The van der Waals surface area contributed by atoms with Crippen LogP contribution in [0.2, 0.25) is 0 Å². The second-order valence-electron chi connectivity index (χ2n) is 8.84. The predicted octanol–water partition coefficient (Wildman–Crippen LogP) is 8.48. The van der Waals surface area contributed by atoms with Crippen LogP contribution in [0.15, 0.2) is 120 Å². The molecule has 6 aromatic rings. The standard InChI is InChI=1S/C31H19BrN2S/c32-28-18-17-23(29-30(28)34-35-33-29)20-15-16-25-24-13-7-8-14-26(24)31(27(25)19-20,21-9-3-1-4-10-21)22-11-5-2-6-12-22/h1-19H. The van der Waals surface area contributed by atoms with Gasteiger partial charge in [0.25, 0.3) is 0 Å². The Morgan fingerprint density at radius 3 is 1.89 bits per heavy atom. The van der Waals surface area contributed by atoms with E-state index in [1.807, 2.05) is 0 Å². The van der Waals surface area contributed by atoms with Gasteiger partial charge in [0.1, 0.15) is 11.0 Å². The molecule has 5 aromatic carbocycles. The largest absolute Gasteiger partial charge is 0.172 e. The Morgan fingerprint density at radius 1 is 0.543 bits per heavy atom. The molecule has 0 radical (unpaired) electrons. The molecule has 1 aromatic heterocycles. The molecule has 0 amide bonds. The Balaban J connectivity index is 1.59. The summed E-state index contributed by atoms with van der Waals surface area (Å²) in [6, 6.07) is 41.7. The summed E-state index contributed by atoms with van der Waals surface area (Å²) in [5.74, 6) is 0. The molecule has 0 N–H and O–H groups in total. The van der Waals surface area contributed by atoms with Crippen LogP contribution in [-0.4, -0.2) is 8.75 Å². The van der Waals surface area contributed by atoms with Crippen molar-refractivity contribution in [2.24, 2.45) is 0 Å². The van der Waals surface area contributed by atoms with E-state index in [4.69, 9.17) is 0 Å². The molecule has 0 saturated carbocycles. The van der Waals surface area contributed by atoms with Crippen LogP contribution in [0.3, 0.4) is 0 Å². The van der Waals surface area contributed by atoms with Crippen LogP contribution in [0.25, 0.3) is 33.3 Å². The van der Waals surface area contributed by atoms with Crippen molar-refractivity contribution in [1.82, 2.24) is 8.75 Å². The maximum atomic E-state index is 4.64. The molecule has 1 heterocycles. The average Bonchev–Trinajstić information content (AvgIpc) is 3.52. The maximum absolute atomic E-state index is 4.64. The van der Waals surface area contributed by atoms with Crippen molar-refractivity contribution in [3.05, 3.63) is 142 Å². The summed E-state index contributed by atoms with van der Waals surface area (Å²) in [6.07, 6.45) is 0. The van der Waals surface area contributed by atoms with Gasteiger partial charge in [-0.3, -0.25) is 0 Å². The van der Waals surface area contributed by atoms with Gasteiger partial charge in [-0.15, -0.1) is 0 Å². The quantitative estimate of drug-likeness (QED) is 0.229. The molecule has 1 aliphatic rings. The number of aromatic nitrogens is 2. The molecule has 7 rings (SSSR count). The average molecular weight is 531 g/mol. The summed E-state index contributed by atoms with van der Waals surface area (Å²) >= 11 is 4.89. The third-order valence-electron chi connectivity index (χ3n) is 7.14. The topological polar surface area (TPSA) is 25.8 Å². The summed E-state index contributed by atoms with van der Waals surface area (Å²) < 4.78 is 10.1. The van der Waals surface area contributed by atoms with Gasteiger partial charge in [-0.25, -0.2) is 0 Å². The third kappa shape index (κ3) is 2.94. The van der Waals surface area contributed by atoms with E-state index in [2.05, 4.69) is 140 Å². The van der Waals surface area contributed by atoms with E-state index in [0.29, 0.717) is 0 Å². The smallest absolute Gasteiger partial charge is 0.119 e. The zero-order valence-electron chi connectivity index (χ0n) is 18.7. The molecule has 0 unspecified atom stereocenters. The Labute approximate surface area is 216 Å². The molecular weight excluding hydrogens is 512 g/mol. The van der Waals surface area contributed by atoms with E-state index >= 15 is 0 Å². The molecule has 2 nitrogen and oxygen atoms in total. The van der Waals surface area contributed by atoms with Crippen LogP contribution < -0.4 is 0 Å². The van der Waals surface area contributed by atoms with Gasteiger partial charge in [0.15, 0.2) is 0 Å². The lowest BCUT2D eigenvalue weighted by molar-refractivity contribution is 0.769. The van der Waals surface area contributed by atoms with Crippen molar-refractivity contribution in [1.29, 1.82) is 0 Å². The summed E-state index contributed by atoms with van der Waals surface area (Å²) in [6.45, 7) is 0. The number of fused-ring (bicyclic) bond motifs is 4. The first-order chi connectivity index (χ1) is 17.3. The fourth-order valence-corrected chi connectivity index (χ4v) is 6.78. The van der Waals surface area contributed by atoms with E-state index in [0.717, 1.165) is 26.6 Å². The predicted molar refractivity (Wildman–Crippen MR) is 148 cm³/mol. The molecule has 166 valence electrons. The van der Waals surface area contributed by atoms with Gasteiger partial charge in [-0.1, -0.05) is 103 Å². The highest BCUT2D eigenvalue weighted by Gasteiger charge is 2.46. The van der Waals surface area contributed by atoms with Crippen LogP contribution in [-0.2, 0) is 5.41 Å². The summed E-state index contributed by atoms with van der Waals surface area (Å²) in [7, 11) is 0. The first kappa shape index (κ1) is 20.7. The van der Waals surface area contributed by atoms with Gasteiger partial charge in [0.2, 0.25) is 0 Å². The fraction of sp³-hybridized carbons (Fsp3) is 0.0323. The van der Waals surface area contributed by atoms with Crippen molar-refractivity contribution in [3.8, 4) is 22.3 Å². The van der Waals surface area contributed by atoms with E-state index in [1.165, 1.54) is 45.1 Å². The zero-order valence-corrected chi connectivity index (χ0v) is 21.1. The third-order valence-corrected chi connectivity index (χ3v) is 8.30. The Kier molecular flexibility index (Phi) is 4.73.